The predicted molar refractivity (Wildman–Crippen MR) is 34.7 cm³/mol. The minimum atomic E-state index is 0.146. The summed E-state index contributed by atoms with van der Waals surface area (Å²) in [5, 5.41) is 5.73. The van der Waals surface area contributed by atoms with Gasteiger partial charge < -0.3 is 5.32 Å². The lowest BCUT2D eigenvalue weighted by Gasteiger charge is -2.17. The summed E-state index contributed by atoms with van der Waals surface area (Å²) < 4.78 is 0. The number of carbonyl (C=O) groups excluding carboxylic acids is 1. The number of hydrogen-bond donors (Lipinski definition) is 2. The van der Waals surface area contributed by atoms with Gasteiger partial charge in [0, 0.05) is 6.54 Å². The summed E-state index contributed by atoms with van der Waals surface area (Å²) in [5.74, 6) is 0. The van der Waals surface area contributed by atoms with Crippen LogP contribution in [-0.2, 0) is 4.79 Å². The number of carbonyl (C=O) groups is 1. The molecule has 0 aromatic carbocycles. The van der Waals surface area contributed by atoms with Gasteiger partial charge in [0.15, 0.2) is 0 Å². The predicted octanol–water partition coefficient (Wildman–Crippen LogP) is -0.392. The van der Waals surface area contributed by atoms with E-state index in [0.29, 0.717) is 0 Å². The van der Waals surface area contributed by atoms with Gasteiger partial charge in [-0.1, -0.05) is 12.2 Å². The van der Waals surface area contributed by atoms with E-state index in [0.717, 1.165) is 19.4 Å². The molecule has 1 atom stereocenters. The molecule has 2 N–H and O–H groups in total. The van der Waals surface area contributed by atoms with Crippen LogP contribution in [0.25, 0.3) is 0 Å². The molecule has 0 aromatic rings. The second-order valence-electron chi connectivity index (χ2n) is 1.95. The monoisotopic (exact) mass is 126 g/mol. The first-order valence-corrected chi connectivity index (χ1v) is 3.01. The maximum Gasteiger partial charge on any atom is 0.208 e. The van der Waals surface area contributed by atoms with Gasteiger partial charge in [0.1, 0.15) is 0 Å². The summed E-state index contributed by atoms with van der Waals surface area (Å²) in [7, 11) is 0. The standard InChI is InChI=1S/C6H10N2O/c9-5-8-6-3-1-2-4-7-6/h1-2,5-7H,3-4H2,(H,8,9). The Kier molecular flexibility index (Phi) is 2.27. The van der Waals surface area contributed by atoms with Crippen LogP contribution in [0.1, 0.15) is 6.42 Å². The molecule has 1 heterocycles. The van der Waals surface area contributed by atoms with Crippen molar-refractivity contribution in [3.05, 3.63) is 12.2 Å². The molecule has 0 saturated heterocycles. The van der Waals surface area contributed by atoms with Crippen molar-refractivity contribution < 1.29 is 4.79 Å². The molecular formula is C6H10N2O. The van der Waals surface area contributed by atoms with Gasteiger partial charge in [-0.2, -0.15) is 0 Å². The Labute approximate surface area is 54.1 Å². The Hall–Kier alpha value is -0.830. The fourth-order valence-corrected chi connectivity index (χ4v) is 0.818. The lowest BCUT2D eigenvalue weighted by atomic mass is 10.2. The topological polar surface area (TPSA) is 41.1 Å². The molecule has 50 valence electrons. The van der Waals surface area contributed by atoms with E-state index in [1.54, 1.807) is 0 Å². The molecule has 0 bridgehead atoms. The van der Waals surface area contributed by atoms with Crippen LogP contribution in [0, 0.1) is 0 Å². The Morgan fingerprint density at radius 1 is 1.67 bits per heavy atom. The molecule has 0 fully saturated rings. The van der Waals surface area contributed by atoms with Crippen molar-refractivity contribution in [2.24, 2.45) is 0 Å². The minimum Gasteiger partial charge on any atom is -0.343 e. The highest BCUT2D eigenvalue weighted by Crippen LogP contribution is 1.93. The normalized spacial score (nSPS) is 25.6. The van der Waals surface area contributed by atoms with Gasteiger partial charge >= 0.3 is 0 Å². The van der Waals surface area contributed by atoms with Crippen molar-refractivity contribution in [2.75, 3.05) is 6.54 Å². The molecule has 0 saturated carbocycles. The second-order valence-corrected chi connectivity index (χ2v) is 1.95. The number of rotatable bonds is 2. The van der Waals surface area contributed by atoms with Crippen LogP contribution < -0.4 is 10.6 Å². The highest BCUT2D eigenvalue weighted by atomic mass is 16.1. The first-order chi connectivity index (χ1) is 4.43. The summed E-state index contributed by atoms with van der Waals surface area (Å²) >= 11 is 0. The summed E-state index contributed by atoms with van der Waals surface area (Å²) in [5.41, 5.74) is 0. The Morgan fingerprint density at radius 2 is 2.56 bits per heavy atom. The highest BCUT2D eigenvalue weighted by molar-refractivity contribution is 5.46. The van der Waals surface area contributed by atoms with E-state index in [1.165, 1.54) is 0 Å². The van der Waals surface area contributed by atoms with E-state index in [9.17, 15) is 4.79 Å². The SMILES string of the molecule is O=CNC1CC=CCN1. The lowest BCUT2D eigenvalue weighted by molar-refractivity contribution is -0.110. The molecule has 1 amide bonds. The first kappa shape index (κ1) is 6.29. The van der Waals surface area contributed by atoms with E-state index >= 15 is 0 Å². The Bertz CT molecular complexity index is 122. The minimum absolute atomic E-state index is 0.146. The van der Waals surface area contributed by atoms with Crippen molar-refractivity contribution in [3.63, 3.8) is 0 Å². The Morgan fingerprint density at radius 3 is 3.11 bits per heavy atom. The van der Waals surface area contributed by atoms with Crippen molar-refractivity contribution >= 4 is 6.41 Å². The summed E-state index contributed by atoms with van der Waals surface area (Å²) in [6, 6.07) is 0. The Balaban J connectivity index is 2.26. The molecule has 1 unspecified atom stereocenters. The van der Waals surface area contributed by atoms with E-state index in [4.69, 9.17) is 0 Å². The van der Waals surface area contributed by atoms with Crippen LogP contribution in [-0.4, -0.2) is 19.1 Å². The van der Waals surface area contributed by atoms with E-state index in [-0.39, 0.29) is 6.17 Å². The van der Waals surface area contributed by atoms with Gasteiger partial charge in [0.2, 0.25) is 6.41 Å². The van der Waals surface area contributed by atoms with Gasteiger partial charge in [-0.15, -0.1) is 0 Å². The first-order valence-electron chi connectivity index (χ1n) is 3.01. The molecule has 9 heavy (non-hydrogen) atoms. The van der Waals surface area contributed by atoms with Gasteiger partial charge in [-0.3, -0.25) is 10.1 Å². The van der Waals surface area contributed by atoms with Crippen LogP contribution in [0.3, 0.4) is 0 Å². The highest BCUT2D eigenvalue weighted by Gasteiger charge is 2.04. The quantitative estimate of drug-likeness (QED) is 0.391. The third-order valence-corrected chi connectivity index (χ3v) is 1.29. The zero-order chi connectivity index (χ0) is 6.53. The zero-order valence-corrected chi connectivity index (χ0v) is 5.13. The second kappa shape index (κ2) is 3.25. The van der Waals surface area contributed by atoms with Crippen molar-refractivity contribution in [1.29, 1.82) is 0 Å². The maximum atomic E-state index is 9.90. The fraction of sp³-hybridized carbons (Fsp3) is 0.500. The number of nitrogens with one attached hydrogen (secondary N) is 2. The van der Waals surface area contributed by atoms with Crippen LogP contribution in [0.5, 0.6) is 0 Å². The molecule has 3 heteroatoms. The molecule has 0 aromatic heterocycles. The van der Waals surface area contributed by atoms with E-state index in [2.05, 4.69) is 16.7 Å². The lowest BCUT2D eigenvalue weighted by Crippen LogP contribution is -2.42. The van der Waals surface area contributed by atoms with Gasteiger partial charge in [0.25, 0.3) is 0 Å². The van der Waals surface area contributed by atoms with Crippen LogP contribution in [0.2, 0.25) is 0 Å². The van der Waals surface area contributed by atoms with E-state index < -0.39 is 0 Å². The summed E-state index contributed by atoms with van der Waals surface area (Å²) in [6.07, 6.45) is 5.85. The van der Waals surface area contributed by atoms with Crippen LogP contribution >= 0.6 is 0 Å². The third-order valence-electron chi connectivity index (χ3n) is 1.29. The van der Waals surface area contributed by atoms with Gasteiger partial charge in [-0.05, 0) is 6.42 Å². The third kappa shape index (κ3) is 1.85. The van der Waals surface area contributed by atoms with Crippen LogP contribution in [0.15, 0.2) is 12.2 Å². The van der Waals surface area contributed by atoms with Crippen molar-refractivity contribution in [1.82, 2.24) is 10.6 Å². The van der Waals surface area contributed by atoms with Gasteiger partial charge in [-0.25, -0.2) is 0 Å². The number of amides is 1. The zero-order valence-electron chi connectivity index (χ0n) is 5.13. The molecular weight excluding hydrogens is 116 g/mol. The maximum absolute atomic E-state index is 9.90. The summed E-state index contributed by atoms with van der Waals surface area (Å²) in [4.78, 5) is 9.90. The number of hydrogen-bond acceptors (Lipinski definition) is 2. The largest absolute Gasteiger partial charge is 0.343 e. The summed E-state index contributed by atoms with van der Waals surface area (Å²) in [6.45, 7) is 0.853. The molecule has 1 aliphatic heterocycles. The van der Waals surface area contributed by atoms with Crippen LogP contribution in [0.4, 0.5) is 0 Å². The van der Waals surface area contributed by atoms with Crippen molar-refractivity contribution in [3.8, 4) is 0 Å². The molecule has 3 nitrogen and oxygen atoms in total. The van der Waals surface area contributed by atoms with E-state index in [1.807, 2.05) is 6.08 Å². The smallest absolute Gasteiger partial charge is 0.208 e. The molecule has 1 aliphatic rings. The average Bonchev–Trinajstić information content (AvgIpc) is 1.91. The van der Waals surface area contributed by atoms with Gasteiger partial charge in [0.05, 0.1) is 6.17 Å². The molecule has 0 spiro atoms. The molecule has 0 radical (unpaired) electrons. The fourth-order valence-electron chi connectivity index (χ4n) is 0.818. The molecule has 1 rings (SSSR count). The average molecular weight is 126 g/mol. The van der Waals surface area contributed by atoms with Crippen molar-refractivity contribution in [2.45, 2.75) is 12.6 Å². The molecule has 0 aliphatic carbocycles.